The van der Waals surface area contributed by atoms with Crippen molar-refractivity contribution in [1.82, 2.24) is 15.1 Å². The van der Waals surface area contributed by atoms with Gasteiger partial charge in [0.05, 0.1) is 12.6 Å². The first kappa shape index (κ1) is 26.9. The summed E-state index contributed by atoms with van der Waals surface area (Å²) in [5, 5.41) is 3.47. The number of ether oxygens (including phenoxy) is 2. The van der Waals surface area contributed by atoms with Crippen LogP contribution in [0.25, 0.3) is 0 Å². The molecule has 162 valence electrons. The molecule has 1 saturated heterocycles. The van der Waals surface area contributed by atoms with Crippen molar-refractivity contribution in [2.75, 3.05) is 60.6 Å². The molecule has 1 rings (SSSR count). The second-order valence-corrected chi connectivity index (χ2v) is 7.85. The van der Waals surface area contributed by atoms with Gasteiger partial charge < -0.3 is 24.6 Å². The quantitative estimate of drug-likeness (QED) is 0.205. The van der Waals surface area contributed by atoms with Crippen LogP contribution >= 0.6 is 24.0 Å². The lowest BCUT2D eigenvalue weighted by Crippen LogP contribution is -2.47. The summed E-state index contributed by atoms with van der Waals surface area (Å²) in [6.45, 7) is 12.1. The van der Waals surface area contributed by atoms with E-state index < -0.39 is 0 Å². The van der Waals surface area contributed by atoms with Crippen molar-refractivity contribution in [3.05, 3.63) is 0 Å². The highest BCUT2D eigenvalue weighted by atomic mass is 127. The van der Waals surface area contributed by atoms with Crippen molar-refractivity contribution in [2.45, 2.75) is 58.6 Å². The number of likely N-dealkylation sites (N-methyl/N-ethyl adjacent to an activating group) is 1. The molecule has 1 aliphatic rings. The second kappa shape index (κ2) is 15.8. The molecule has 1 N–H and O–H groups in total. The molecule has 0 saturated carbocycles. The van der Waals surface area contributed by atoms with Crippen molar-refractivity contribution in [2.24, 2.45) is 10.9 Å². The van der Waals surface area contributed by atoms with Crippen LogP contribution in [0.15, 0.2) is 4.99 Å². The topological polar surface area (TPSA) is 49.3 Å². The van der Waals surface area contributed by atoms with Crippen LogP contribution < -0.4 is 5.32 Å². The number of nitrogens with one attached hydrogen (secondary N) is 1. The van der Waals surface area contributed by atoms with Gasteiger partial charge in [0.2, 0.25) is 0 Å². The van der Waals surface area contributed by atoms with Crippen molar-refractivity contribution in [3.63, 3.8) is 0 Å². The molecule has 0 aromatic carbocycles. The Morgan fingerprint density at radius 1 is 1.22 bits per heavy atom. The third-order valence-electron chi connectivity index (χ3n) is 4.85. The lowest BCUT2D eigenvalue weighted by molar-refractivity contribution is 0.00989. The minimum atomic E-state index is 0. The summed E-state index contributed by atoms with van der Waals surface area (Å²) < 4.78 is 11.1. The molecule has 0 radical (unpaired) electrons. The van der Waals surface area contributed by atoms with Crippen LogP contribution in [0.4, 0.5) is 0 Å². The predicted octanol–water partition coefficient (Wildman–Crippen LogP) is 3.06. The van der Waals surface area contributed by atoms with E-state index in [-0.39, 0.29) is 24.0 Å². The molecule has 1 aliphatic heterocycles. The highest BCUT2D eigenvalue weighted by molar-refractivity contribution is 14.0. The number of guanidine groups is 1. The van der Waals surface area contributed by atoms with E-state index in [1.54, 1.807) is 7.11 Å². The van der Waals surface area contributed by atoms with Gasteiger partial charge in [0.15, 0.2) is 5.96 Å². The second-order valence-electron chi connectivity index (χ2n) is 7.85. The third kappa shape index (κ3) is 11.5. The molecule has 0 aliphatic carbocycles. The maximum Gasteiger partial charge on any atom is 0.193 e. The Bertz CT molecular complexity index is 386. The zero-order valence-corrected chi connectivity index (χ0v) is 20.7. The van der Waals surface area contributed by atoms with Crippen molar-refractivity contribution in [3.8, 4) is 0 Å². The Morgan fingerprint density at radius 3 is 2.41 bits per heavy atom. The Morgan fingerprint density at radius 2 is 1.89 bits per heavy atom. The summed E-state index contributed by atoms with van der Waals surface area (Å²) in [4.78, 5) is 9.64. The number of rotatable bonds is 11. The summed E-state index contributed by atoms with van der Waals surface area (Å²) in [7, 11) is 6.05. The molecule has 0 bridgehead atoms. The van der Waals surface area contributed by atoms with Crippen LogP contribution in [0.2, 0.25) is 0 Å². The first-order valence-electron chi connectivity index (χ1n) is 10.3. The van der Waals surface area contributed by atoms with Crippen LogP contribution in [-0.4, -0.2) is 88.5 Å². The average molecular weight is 498 g/mol. The molecule has 0 spiro atoms. The van der Waals surface area contributed by atoms with Gasteiger partial charge in [-0.1, -0.05) is 13.8 Å². The maximum atomic E-state index is 5.97. The number of likely N-dealkylation sites (tertiary alicyclic amines) is 1. The SMILES string of the molecule is CCNC(=NCC(CC(C)C)N(C)C)N1CCC(OCCCOC)CC1.I. The van der Waals surface area contributed by atoms with E-state index in [0.717, 1.165) is 64.6 Å². The highest BCUT2D eigenvalue weighted by Crippen LogP contribution is 2.15. The highest BCUT2D eigenvalue weighted by Gasteiger charge is 2.22. The van der Waals surface area contributed by atoms with Crippen molar-refractivity contribution in [1.29, 1.82) is 0 Å². The van der Waals surface area contributed by atoms with Gasteiger partial charge in [0.1, 0.15) is 0 Å². The lowest BCUT2D eigenvalue weighted by atomic mass is 10.0. The normalized spacial score (nSPS) is 17.3. The van der Waals surface area contributed by atoms with Gasteiger partial charge in [0.25, 0.3) is 0 Å². The minimum absolute atomic E-state index is 0. The summed E-state index contributed by atoms with van der Waals surface area (Å²) in [6.07, 6.45) is 4.66. The van der Waals surface area contributed by atoms with Gasteiger partial charge in [-0.25, -0.2) is 0 Å². The molecular weight excluding hydrogens is 455 g/mol. The van der Waals surface area contributed by atoms with Crippen LogP contribution in [-0.2, 0) is 9.47 Å². The van der Waals surface area contributed by atoms with Crippen LogP contribution in [0.3, 0.4) is 0 Å². The fourth-order valence-corrected chi connectivity index (χ4v) is 3.30. The summed E-state index contributed by atoms with van der Waals surface area (Å²) in [5.74, 6) is 1.74. The van der Waals surface area contributed by atoms with Crippen LogP contribution in [0.1, 0.15) is 46.5 Å². The average Bonchev–Trinajstić information content (AvgIpc) is 2.61. The lowest BCUT2D eigenvalue weighted by Gasteiger charge is -2.34. The van der Waals surface area contributed by atoms with Gasteiger partial charge in [0, 0.05) is 46.0 Å². The maximum absolute atomic E-state index is 5.97. The van der Waals surface area contributed by atoms with Gasteiger partial charge in [-0.3, -0.25) is 4.99 Å². The number of aliphatic imine (C=N–C) groups is 1. The molecule has 27 heavy (non-hydrogen) atoms. The fraction of sp³-hybridized carbons (Fsp3) is 0.950. The Balaban J connectivity index is 0.00000676. The first-order chi connectivity index (χ1) is 12.5. The van der Waals surface area contributed by atoms with Gasteiger partial charge in [-0.05, 0) is 52.6 Å². The van der Waals surface area contributed by atoms with E-state index in [4.69, 9.17) is 14.5 Å². The molecule has 1 unspecified atom stereocenters. The summed E-state index contributed by atoms with van der Waals surface area (Å²) in [5.41, 5.74) is 0. The number of nitrogens with zero attached hydrogens (tertiary/aromatic N) is 3. The van der Waals surface area contributed by atoms with Gasteiger partial charge in [-0.2, -0.15) is 0 Å². The molecule has 6 nitrogen and oxygen atoms in total. The minimum Gasteiger partial charge on any atom is -0.385 e. The molecule has 1 fully saturated rings. The summed E-state index contributed by atoms with van der Waals surface area (Å²) >= 11 is 0. The molecule has 0 aromatic heterocycles. The van der Waals surface area contributed by atoms with Crippen molar-refractivity contribution < 1.29 is 9.47 Å². The Labute approximate surface area is 184 Å². The van der Waals surface area contributed by atoms with Crippen molar-refractivity contribution >= 4 is 29.9 Å². The molecule has 1 atom stereocenters. The number of hydrogen-bond acceptors (Lipinski definition) is 4. The third-order valence-corrected chi connectivity index (χ3v) is 4.85. The number of methoxy groups -OCH3 is 1. The van der Waals surface area contributed by atoms with E-state index in [1.165, 1.54) is 6.42 Å². The monoisotopic (exact) mass is 498 g/mol. The van der Waals surface area contributed by atoms with E-state index in [1.807, 2.05) is 0 Å². The molecule has 0 amide bonds. The zero-order chi connectivity index (χ0) is 19.4. The van der Waals surface area contributed by atoms with Gasteiger partial charge >= 0.3 is 0 Å². The Hall–Kier alpha value is -0.120. The van der Waals surface area contributed by atoms with E-state index >= 15 is 0 Å². The van der Waals surface area contributed by atoms with Crippen LogP contribution in [0, 0.1) is 5.92 Å². The number of piperidine rings is 1. The molecule has 0 aromatic rings. The zero-order valence-electron chi connectivity index (χ0n) is 18.4. The molecular formula is C20H43IN4O2. The van der Waals surface area contributed by atoms with E-state index in [2.05, 4.69) is 50.0 Å². The van der Waals surface area contributed by atoms with Gasteiger partial charge in [-0.15, -0.1) is 24.0 Å². The largest absolute Gasteiger partial charge is 0.385 e. The van der Waals surface area contributed by atoms with E-state index in [0.29, 0.717) is 18.1 Å². The van der Waals surface area contributed by atoms with E-state index in [9.17, 15) is 0 Å². The molecule has 7 heteroatoms. The van der Waals surface area contributed by atoms with Crippen LogP contribution in [0.5, 0.6) is 0 Å². The predicted molar refractivity (Wildman–Crippen MR) is 125 cm³/mol. The fourth-order valence-electron chi connectivity index (χ4n) is 3.30. The smallest absolute Gasteiger partial charge is 0.193 e. The number of hydrogen-bond donors (Lipinski definition) is 1. The molecule has 1 heterocycles. The Kier molecular flexibility index (Phi) is 15.7. The summed E-state index contributed by atoms with van der Waals surface area (Å²) in [6, 6.07) is 0.491. The number of halogens is 1. The first-order valence-corrected chi connectivity index (χ1v) is 10.3. The standard InChI is InChI=1S/C20H42N4O2.HI/c1-7-21-20(22-16-18(23(4)5)15-17(2)3)24-11-9-19(10-12-24)26-14-8-13-25-6;/h17-19H,7-16H2,1-6H3,(H,21,22);1H.